The van der Waals surface area contributed by atoms with Gasteiger partial charge in [-0.1, -0.05) is 20.8 Å². The predicted octanol–water partition coefficient (Wildman–Crippen LogP) is 5.71. The first-order chi connectivity index (χ1) is 16.5. The van der Waals surface area contributed by atoms with Crippen molar-refractivity contribution in [2.45, 2.75) is 111 Å². The zero-order valence-electron chi connectivity index (χ0n) is 22.6. The minimum atomic E-state index is -0.199. The summed E-state index contributed by atoms with van der Waals surface area (Å²) in [6, 6.07) is 0. The minimum Gasteiger partial charge on any atom is -0.469 e. The van der Waals surface area contributed by atoms with Crippen molar-refractivity contribution in [2.75, 3.05) is 7.11 Å². The van der Waals surface area contributed by atoms with Crippen molar-refractivity contribution in [1.82, 2.24) is 0 Å². The monoisotopic (exact) mass is 490 g/mol. The highest BCUT2D eigenvalue weighted by atomic mass is 16.5. The molecule has 0 radical (unpaired) electrons. The van der Waals surface area contributed by atoms with Crippen LogP contribution in [0.4, 0.5) is 0 Å². The standard InChI is InChI=1S/C29H46O6/c1-17(7-10-26(32)33-6)22-8-9-23-27-24(12-14-29(22,23)5)28(4)13-11-21(34-18(2)30)15-20(28)16-25(27)35-19(3)31/h17,20-25,27H,7-16H2,1-6H3/t17-,20+,21-,22-,23+,24+,25+,27+,28+,29-/m1/s1. The van der Waals surface area contributed by atoms with Gasteiger partial charge < -0.3 is 14.2 Å². The predicted molar refractivity (Wildman–Crippen MR) is 132 cm³/mol. The number of fused-ring (bicyclic) bond motifs is 5. The number of hydrogen-bond acceptors (Lipinski definition) is 6. The molecule has 0 saturated heterocycles. The second-order valence-corrected chi connectivity index (χ2v) is 12.7. The highest BCUT2D eigenvalue weighted by Crippen LogP contribution is 2.68. The zero-order valence-corrected chi connectivity index (χ0v) is 22.6. The third-order valence-electron chi connectivity index (χ3n) is 11.1. The summed E-state index contributed by atoms with van der Waals surface area (Å²) in [5, 5.41) is 0. The van der Waals surface area contributed by atoms with E-state index in [1.165, 1.54) is 39.7 Å². The SMILES string of the molecule is COC(=O)CC[C@@H](C)[C@H]1CC[C@H]2[C@@H]3[C@@H](OC(C)=O)C[C@@H]4C[C@H](OC(C)=O)CC[C@]4(C)[C@H]3CC[C@]12C. The average Bonchev–Trinajstić information content (AvgIpc) is 3.14. The Bertz CT molecular complexity index is 824. The summed E-state index contributed by atoms with van der Waals surface area (Å²) in [6.45, 7) is 10.3. The molecular formula is C29H46O6. The van der Waals surface area contributed by atoms with Gasteiger partial charge in [-0.05, 0) is 98.2 Å². The zero-order chi connectivity index (χ0) is 25.5. The minimum absolute atomic E-state index is 0.0134. The van der Waals surface area contributed by atoms with Crippen molar-refractivity contribution in [3.63, 3.8) is 0 Å². The molecular weight excluding hydrogens is 444 g/mol. The molecule has 4 aliphatic rings. The van der Waals surface area contributed by atoms with Gasteiger partial charge in [0.15, 0.2) is 0 Å². The van der Waals surface area contributed by atoms with Crippen LogP contribution in [0, 0.1) is 46.3 Å². The maximum atomic E-state index is 12.2. The largest absolute Gasteiger partial charge is 0.469 e. The highest BCUT2D eigenvalue weighted by molar-refractivity contribution is 5.69. The van der Waals surface area contributed by atoms with Gasteiger partial charge in [0.2, 0.25) is 0 Å². The Morgan fingerprint density at radius 1 is 0.886 bits per heavy atom. The molecule has 0 aromatic heterocycles. The van der Waals surface area contributed by atoms with Gasteiger partial charge in [0, 0.05) is 26.2 Å². The Morgan fingerprint density at radius 3 is 2.20 bits per heavy atom. The normalized spacial score (nSPS) is 43.2. The lowest BCUT2D eigenvalue weighted by Crippen LogP contribution is -2.59. The molecule has 0 spiro atoms. The topological polar surface area (TPSA) is 78.9 Å². The lowest BCUT2D eigenvalue weighted by atomic mass is 9.43. The van der Waals surface area contributed by atoms with Gasteiger partial charge in [0.1, 0.15) is 12.2 Å². The van der Waals surface area contributed by atoms with Crippen LogP contribution in [0.5, 0.6) is 0 Å². The van der Waals surface area contributed by atoms with E-state index in [9.17, 15) is 14.4 Å². The van der Waals surface area contributed by atoms with Crippen LogP contribution in [0.2, 0.25) is 0 Å². The van der Waals surface area contributed by atoms with E-state index >= 15 is 0 Å². The molecule has 0 N–H and O–H groups in total. The molecule has 0 unspecified atom stereocenters. The fraction of sp³-hybridized carbons (Fsp3) is 0.897. The Morgan fingerprint density at radius 2 is 1.54 bits per heavy atom. The van der Waals surface area contributed by atoms with Crippen molar-refractivity contribution in [3.8, 4) is 0 Å². The van der Waals surface area contributed by atoms with E-state index in [1.54, 1.807) is 6.92 Å². The van der Waals surface area contributed by atoms with Crippen LogP contribution in [-0.2, 0) is 28.6 Å². The summed E-state index contributed by atoms with van der Waals surface area (Å²) in [5.74, 6) is 2.43. The average molecular weight is 491 g/mol. The fourth-order valence-electron chi connectivity index (χ4n) is 9.46. The Hall–Kier alpha value is -1.59. The maximum Gasteiger partial charge on any atom is 0.305 e. The van der Waals surface area contributed by atoms with Crippen molar-refractivity contribution in [3.05, 3.63) is 0 Å². The third-order valence-corrected chi connectivity index (χ3v) is 11.1. The number of rotatable bonds is 6. The van der Waals surface area contributed by atoms with Crippen LogP contribution < -0.4 is 0 Å². The van der Waals surface area contributed by atoms with Gasteiger partial charge in [-0.25, -0.2) is 0 Å². The highest BCUT2D eigenvalue weighted by Gasteiger charge is 2.63. The molecule has 6 nitrogen and oxygen atoms in total. The molecule has 0 bridgehead atoms. The Kier molecular flexibility index (Phi) is 7.60. The quantitative estimate of drug-likeness (QED) is 0.351. The number of carbonyl (C=O) groups is 3. The lowest BCUT2D eigenvalue weighted by molar-refractivity contribution is -0.197. The third kappa shape index (κ3) is 4.87. The van der Waals surface area contributed by atoms with Gasteiger partial charge in [-0.2, -0.15) is 0 Å². The van der Waals surface area contributed by atoms with E-state index in [-0.39, 0.29) is 40.9 Å². The molecule has 0 aromatic rings. The van der Waals surface area contributed by atoms with Crippen molar-refractivity contribution >= 4 is 17.9 Å². The second-order valence-electron chi connectivity index (χ2n) is 12.7. The number of ether oxygens (including phenoxy) is 3. The fourth-order valence-corrected chi connectivity index (χ4v) is 9.46. The van der Waals surface area contributed by atoms with Gasteiger partial charge in [-0.15, -0.1) is 0 Å². The summed E-state index contributed by atoms with van der Waals surface area (Å²) in [6.07, 6.45) is 9.80. The van der Waals surface area contributed by atoms with Crippen LogP contribution in [0.3, 0.4) is 0 Å². The molecule has 4 aliphatic carbocycles. The van der Waals surface area contributed by atoms with Gasteiger partial charge >= 0.3 is 17.9 Å². The first kappa shape index (κ1) is 26.5. The van der Waals surface area contributed by atoms with E-state index in [0.717, 1.165) is 32.1 Å². The smallest absolute Gasteiger partial charge is 0.305 e. The molecule has 0 aromatic carbocycles. The molecule has 4 fully saturated rings. The Labute approximate surface area is 211 Å². The summed E-state index contributed by atoms with van der Waals surface area (Å²) in [5.41, 5.74) is 0.418. The van der Waals surface area contributed by atoms with E-state index < -0.39 is 0 Å². The first-order valence-corrected chi connectivity index (χ1v) is 13.9. The van der Waals surface area contributed by atoms with Crippen LogP contribution in [0.1, 0.15) is 98.8 Å². The van der Waals surface area contributed by atoms with Gasteiger partial charge in [0.25, 0.3) is 0 Å². The molecule has 4 saturated carbocycles. The van der Waals surface area contributed by atoms with Gasteiger partial charge in [-0.3, -0.25) is 14.4 Å². The lowest BCUT2D eigenvalue weighted by Gasteiger charge is -2.62. The van der Waals surface area contributed by atoms with E-state index in [1.807, 2.05) is 0 Å². The Balaban J connectivity index is 1.57. The summed E-state index contributed by atoms with van der Waals surface area (Å²) in [7, 11) is 1.47. The molecule has 0 amide bonds. The summed E-state index contributed by atoms with van der Waals surface area (Å²) in [4.78, 5) is 35.6. The molecule has 0 heterocycles. The van der Waals surface area contributed by atoms with E-state index in [0.29, 0.717) is 41.9 Å². The number of esters is 3. The molecule has 0 aliphatic heterocycles. The van der Waals surface area contributed by atoms with Crippen LogP contribution >= 0.6 is 0 Å². The molecule has 35 heavy (non-hydrogen) atoms. The maximum absolute atomic E-state index is 12.2. The molecule has 6 heteroatoms. The second kappa shape index (κ2) is 10.0. The van der Waals surface area contributed by atoms with Gasteiger partial charge in [0.05, 0.1) is 7.11 Å². The van der Waals surface area contributed by atoms with Crippen molar-refractivity contribution in [2.24, 2.45) is 46.3 Å². The van der Waals surface area contributed by atoms with E-state index in [2.05, 4.69) is 20.8 Å². The molecule has 4 rings (SSSR count). The molecule has 198 valence electrons. The summed E-state index contributed by atoms with van der Waals surface area (Å²) >= 11 is 0. The van der Waals surface area contributed by atoms with Crippen molar-refractivity contribution in [1.29, 1.82) is 0 Å². The molecule has 10 atom stereocenters. The van der Waals surface area contributed by atoms with Crippen LogP contribution in [0.25, 0.3) is 0 Å². The number of carbonyl (C=O) groups excluding carboxylic acids is 3. The van der Waals surface area contributed by atoms with Crippen LogP contribution in [0.15, 0.2) is 0 Å². The van der Waals surface area contributed by atoms with Crippen molar-refractivity contribution < 1.29 is 28.6 Å². The summed E-state index contributed by atoms with van der Waals surface area (Å²) < 4.78 is 16.6. The number of methoxy groups -OCH3 is 1. The van der Waals surface area contributed by atoms with E-state index in [4.69, 9.17) is 14.2 Å². The first-order valence-electron chi connectivity index (χ1n) is 13.9. The number of hydrogen-bond donors (Lipinski definition) is 0. The van der Waals surface area contributed by atoms with Crippen LogP contribution in [-0.4, -0.2) is 37.2 Å².